The van der Waals surface area contributed by atoms with Crippen molar-refractivity contribution >= 4 is 0 Å². The average molecular weight is 292 g/mol. The summed E-state index contributed by atoms with van der Waals surface area (Å²) in [6.45, 7) is 3.93. The van der Waals surface area contributed by atoms with E-state index in [-0.39, 0.29) is 5.56 Å². The van der Waals surface area contributed by atoms with Crippen LogP contribution >= 0.6 is 0 Å². The second kappa shape index (κ2) is 6.65. The van der Waals surface area contributed by atoms with Gasteiger partial charge in [-0.25, -0.2) is 14.2 Å². The number of aryl methyl sites for hydroxylation is 1. The maximum Gasteiger partial charge on any atom is 0.131 e. The molecule has 1 unspecified atom stereocenters. The van der Waals surface area contributed by atoms with Crippen molar-refractivity contribution in [3.05, 3.63) is 64.7 Å². The molecule has 3 N–H and O–H groups in total. The van der Waals surface area contributed by atoms with Crippen molar-refractivity contribution in [2.75, 3.05) is 6.61 Å². The zero-order chi connectivity index (χ0) is 15.4. The molecule has 3 nitrogen and oxygen atoms in total. The Kier molecular flexibility index (Phi) is 4.88. The molecule has 0 fully saturated rings. The number of halogens is 2. The molecule has 0 heterocycles. The lowest BCUT2D eigenvalue weighted by Crippen LogP contribution is -2.30. The summed E-state index contributed by atoms with van der Waals surface area (Å²) < 4.78 is 33.1. The SMILES string of the molecule is CCOc1ccccc1C(NN)c1cc(C)c(F)cc1F. The summed E-state index contributed by atoms with van der Waals surface area (Å²) in [6.07, 6.45) is 0. The van der Waals surface area contributed by atoms with Crippen molar-refractivity contribution in [3.63, 3.8) is 0 Å². The summed E-state index contributed by atoms with van der Waals surface area (Å²) in [4.78, 5) is 0. The molecule has 0 bridgehead atoms. The number of para-hydroxylation sites is 1. The Morgan fingerprint density at radius 1 is 1.14 bits per heavy atom. The van der Waals surface area contributed by atoms with Crippen LogP contribution in [0.1, 0.15) is 29.7 Å². The minimum Gasteiger partial charge on any atom is -0.494 e. The number of hydrazine groups is 1. The van der Waals surface area contributed by atoms with Crippen LogP contribution in [0.3, 0.4) is 0 Å². The predicted octanol–water partition coefficient (Wildman–Crippen LogP) is 3.22. The monoisotopic (exact) mass is 292 g/mol. The van der Waals surface area contributed by atoms with Crippen molar-refractivity contribution in [3.8, 4) is 5.75 Å². The van der Waals surface area contributed by atoms with Gasteiger partial charge in [0.05, 0.1) is 12.6 Å². The van der Waals surface area contributed by atoms with Crippen molar-refractivity contribution in [1.29, 1.82) is 0 Å². The van der Waals surface area contributed by atoms with Crippen LogP contribution in [0.4, 0.5) is 8.78 Å². The van der Waals surface area contributed by atoms with E-state index in [4.69, 9.17) is 10.6 Å². The molecular formula is C16H18F2N2O. The van der Waals surface area contributed by atoms with Crippen molar-refractivity contribution in [1.82, 2.24) is 5.43 Å². The summed E-state index contributed by atoms with van der Waals surface area (Å²) in [5.74, 6) is 4.98. The van der Waals surface area contributed by atoms with E-state index in [1.165, 1.54) is 6.07 Å². The topological polar surface area (TPSA) is 47.3 Å². The fourth-order valence-corrected chi connectivity index (χ4v) is 2.25. The molecule has 2 aromatic carbocycles. The van der Waals surface area contributed by atoms with Gasteiger partial charge in [0.25, 0.3) is 0 Å². The number of nitrogens with two attached hydrogens (primary N) is 1. The smallest absolute Gasteiger partial charge is 0.131 e. The summed E-state index contributed by atoms with van der Waals surface area (Å²) in [5.41, 5.74) is 3.92. The fourth-order valence-electron chi connectivity index (χ4n) is 2.25. The van der Waals surface area contributed by atoms with Crippen LogP contribution in [0.15, 0.2) is 36.4 Å². The second-order valence-corrected chi connectivity index (χ2v) is 4.69. The van der Waals surface area contributed by atoms with Crippen LogP contribution in [0, 0.1) is 18.6 Å². The number of benzene rings is 2. The Labute approximate surface area is 122 Å². The van der Waals surface area contributed by atoms with Crippen LogP contribution in [-0.2, 0) is 0 Å². The van der Waals surface area contributed by atoms with Gasteiger partial charge >= 0.3 is 0 Å². The Bertz CT molecular complexity index is 632. The highest BCUT2D eigenvalue weighted by Gasteiger charge is 2.21. The first kappa shape index (κ1) is 15.4. The molecule has 1 atom stereocenters. The van der Waals surface area contributed by atoms with Gasteiger partial charge in [0, 0.05) is 17.2 Å². The maximum atomic E-state index is 14.1. The van der Waals surface area contributed by atoms with Crippen LogP contribution in [0.25, 0.3) is 0 Å². The molecule has 0 spiro atoms. The molecule has 0 aliphatic heterocycles. The Balaban J connectivity index is 2.52. The zero-order valence-electron chi connectivity index (χ0n) is 12.0. The molecule has 0 saturated carbocycles. The van der Waals surface area contributed by atoms with Gasteiger partial charge in [-0.3, -0.25) is 5.84 Å². The molecular weight excluding hydrogens is 274 g/mol. The highest BCUT2D eigenvalue weighted by molar-refractivity contribution is 5.43. The lowest BCUT2D eigenvalue weighted by atomic mass is 9.96. The highest BCUT2D eigenvalue weighted by Crippen LogP contribution is 2.31. The quantitative estimate of drug-likeness (QED) is 0.657. The van der Waals surface area contributed by atoms with Gasteiger partial charge in [-0.1, -0.05) is 18.2 Å². The van der Waals surface area contributed by atoms with Gasteiger partial charge in [-0.15, -0.1) is 0 Å². The Hall–Kier alpha value is -1.98. The first-order valence-corrected chi connectivity index (χ1v) is 6.71. The average Bonchev–Trinajstić information content (AvgIpc) is 2.47. The third kappa shape index (κ3) is 3.20. The molecule has 0 saturated heterocycles. The van der Waals surface area contributed by atoms with Gasteiger partial charge < -0.3 is 4.74 Å². The fraction of sp³-hybridized carbons (Fsp3) is 0.250. The zero-order valence-corrected chi connectivity index (χ0v) is 12.0. The van der Waals surface area contributed by atoms with Gasteiger partial charge in [0.2, 0.25) is 0 Å². The minimum atomic E-state index is -0.646. The largest absolute Gasteiger partial charge is 0.494 e. The second-order valence-electron chi connectivity index (χ2n) is 4.69. The number of nitrogens with one attached hydrogen (secondary N) is 1. The Morgan fingerprint density at radius 2 is 1.86 bits per heavy atom. The third-order valence-electron chi connectivity index (χ3n) is 3.29. The van der Waals surface area contributed by atoms with Gasteiger partial charge in [-0.05, 0) is 31.5 Å². The standard InChI is InChI=1S/C16H18F2N2O/c1-3-21-15-7-5-4-6-11(15)16(20-19)12-8-10(2)13(17)9-14(12)18/h4-9,16,20H,3,19H2,1-2H3. The summed E-state index contributed by atoms with van der Waals surface area (Å²) in [6, 6.07) is 8.94. The normalized spacial score (nSPS) is 12.2. The van der Waals surface area contributed by atoms with Gasteiger partial charge in [-0.2, -0.15) is 0 Å². The number of rotatable bonds is 5. The van der Waals surface area contributed by atoms with E-state index < -0.39 is 17.7 Å². The summed E-state index contributed by atoms with van der Waals surface area (Å²) in [5, 5.41) is 0. The van der Waals surface area contributed by atoms with E-state index in [1.54, 1.807) is 19.1 Å². The summed E-state index contributed by atoms with van der Waals surface area (Å²) >= 11 is 0. The van der Waals surface area contributed by atoms with Crippen molar-refractivity contribution in [2.45, 2.75) is 19.9 Å². The van der Waals surface area contributed by atoms with E-state index in [9.17, 15) is 8.78 Å². The highest BCUT2D eigenvalue weighted by atomic mass is 19.1. The van der Waals surface area contributed by atoms with E-state index in [2.05, 4.69) is 5.43 Å². The number of ether oxygens (including phenoxy) is 1. The Morgan fingerprint density at radius 3 is 2.52 bits per heavy atom. The van der Waals surface area contributed by atoms with Crippen LogP contribution in [0.5, 0.6) is 5.75 Å². The van der Waals surface area contributed by atoms with E-state index in [0.29, 0.717) is 23.5 Å². The van der Waals surface area contributed by atoms with E-state index >= 15 is 0 Å². The lowest BCUT2D eigenvalue weighted by molar-refractivity contribution is 0.333. The van der Waals surface area contributed by atoms with Crippen molar-refractivity contribution < 1.29 is 13.5 Å². The molecule has 0 aliphatic carbocycles. The molecule has 2 rings (SSSR count). The summed E-state index contributed by atoms with van der Waals surface area (Å²) in [7, 11) is 0. The third-order valence-corrected chi connectivity index (χ3v) is 3.29. The molecule has 0 amide bonds. The minimum absolute atomic E-state index is 0.281. The molecule has 0 radical (unpaired) electrons. The lowest BCUT2D eigenvalue weighted by Gasteiger charge is -2.21. The molecule has 112 valence electrons. The molecule has 0 aromatic heterocycles. The maximum absolute atomic E-state index is 14.1. The van der Waals surface area contributed by atoms with Gasteiger partial charge in [0.1, 0.15) is 17.4 Å². The van der Waals surface area contributed by atoms with Crippen LogP contribution in [-0.4, -0.2) is 6.61 Å². The molecule has 2 aromatic rings. The predicted molar refractivity (Wildman–Crippen MR) is 77.9 cm³/mol. The van der Waals surface area contributed by atoms with Crippen LogP contribution in [0.2, 0.25) is 0 Å². The molecule has 5 heteroatoms. The first-order chi connectivity index (χ1) is 10.1. The van der Waals surface area contributed by atoms with E-state index in [0.717, 1.165) is 6.07 Å². The van der Waals surface area contributed by atoms with E-state index in [1.807, 2.05) is 19.1 Å². The first-order valence-electron chi connectivity index (χ1n) is 6.71. The number of hydrogen-bond acceptors (Lipinski definition) is 3. The van der Waals surface area contributed by atoms with Crippen molar-refractivity contribution in [2.24, 2.45) is 5.84 Å². The molecule has 21 heavy (non-hydrogen) atoms. The van der Waals surface area contributed by atoms with Gasteiger partial charge in [0.15, 0.2) is 0 Å². The number of hydrogen-bond donors (Lipinski definition) is 2. The van der Waals surface area contributed by atoms with Crippen LogP contribution < -0.4 is 16.0 Å². The molecule has 0 aliphatic rings.